The second-order valence-electron chi connectivity index (χ2n) is 16.2. The Morgan fingerprint density at radius 3 is 1.69 bits per heavy atom. The number of nitrogens with zero attached hydrogens (tertiary/aromatic N) is 5. The third kappa shape index (κ3) is 14.6. The van der Waals surface area contributed by atoms with Gasteiger partial charge in [-0.3, -0.25) is 24.4 Å². The molecule has 326 valence electrons. The number of halogens is 1. The van der Waals surface area contributed by atoms with E-state index < -0.39 is 5.91 Å². The van der Waals surface area contributed by atoms with Gasteiger partial charge in [0, 0.05) is 50.5 Å². The van der Waals surface area contributed by atoms with Gasteiger partial charge < -0.3 is 30.7 Å². The number of benzene rings is 2. The molecule has 0 radical (unpaired) electrons. The number of anilines is 2. The number of aryl methyl sites for hydroxylation is 4. The Kier molecular flexibility index (Phi) is 17.2. The molecule has 0 saturated carbocycles. The minimum atomic E-state index is -0.413. The molecule has 1 amide bonds. The van der Waals surface area contributed by atoms with Gasteiger partial charge >= 0.3 is 0 Å². The molecule has 1 aliphatic heterocycles. The van der Waals surface area contributed by atoms with Gasteiger partial charge in [0.05, 0.1) is 32.2 Å². The van der Waals surface area contributed by atoms with E-state index in [1.807, 2.05) is 60.9 Å². The predicted molar refractivity (Wildman–Crippen MR) is 241 cm³/mol. The summed E-state index contributed by atoms with van der Waals surface area (Å²) < 4.78 is 12.5. The largest absolute Gasteiger partial charge is 0.486 e. The van der Waals surface area contributed by atoms with Crippen LogP contribution in [0.2, 0.25) is 5.15 Å². The van der Waals surface area contributed by atoms with E-state index in [-0.39, 0.29) is 53.3 Å². The topological polar surface area (TPSA) is 185 Å². The van der Waals surface area contributed by atoms with Crippen LogP contribution in [0.3, 0.4) is 0 Å². The number of carbonyl (C=O) groups is 3. The summed E-state index contributed by atoms with van der Waals surface area (Å²) in [6.45, 7) is 3.78. The van der Waals surface area contributed by atoms with Gasteiger partial charge in [-0.1, -0.05) is 48.0 Å². The van der Waals surface area contributed by atoms with E-state index >= 15 is 0 Å². The van der Waals surface area contributed by atoms with Crippen LogP contribution in [0.25, 0.3) is 0 Å². The summed E-state index contributed by atoms with van der Waals surface area (Å²) in [5.41, 5.74) is 16.4. The molecule has 5 N–H and O–H groups in total. The monoisotopic (exact) mass is 861 g/mol. The Morgan fingerprint density at radius 2 is 1.19 bits per heavy atom. The van der Waals surface area contributed by atoms with E-state index in [1.165, 1.54) is 11.1 Å². The van der Waals surface area contributed by atoms with Crippen molar-refractivity contribution in [2.24, 2.45) is 0 Å². The summed E-state index contributed by atoms with van der Waals surface area (Å²) in [7, 11) is 0. The Morgan fingerprint density at radius 1 is 0.677 bits per heavy atom. The normalized spacial score (nSPS) is 14.5. The first-order valence-electron chi connectivity index (χ1n) is 21.6. The molecule has 0 spiro atoms. The molecule has 5 aromatic rings. The Hall–Kier alpha value is -5.92. The summed E-state index contributed by atoms with van der Waals surface area (Å²) >= 11 is 6.09. The fourth-order valence-corrected chi connectivity index (χ4v) is 8.23. The number of piperidine rings is 1. The van der Waals surface area contributed by atoms with E-state index in [9.17, 15) is 14.4 Å². The first-order valence-corrected chi connectivity index (χ1v) is 22.0. The number of nitrogens with one attached hydrogen (secondary N) is 1. The number of nitrogen functional groups attached to an aromatic ring is 2. The van der Waals surface area contributed by atoms with Crippen LogP contribution < -0.4 is 26.3 Å². The van der Waals surface area contributed by atoms with Crippen LogP contribution in [0.15, 0.2) is 97.6 Å². The number of hydrogen-bond acceptors (Lipinski definition) is 11. The first kappa shape index (κ1) is 45.6. The van der Waals surface area contributed by atoms with Crippen LogP contribution >= 0.6 is 11.6 Å². The summed E-state index contributed by atoms with van der Waals surface area (Å²) in [6.07, 6.45) is 16.7. The molecule has 3 aromatic heterocycles. The highest BCUT2D eigenvalue weighted by Gasteiger charge is 2.35. The molecule has 13 nitrogen and oxygen atoms in total. The number of Topliss-reactive ketones (excluding diaryl/α,β-unsaturated/α-hetero) is 2. The molecule has 14 heteroatoms. The minimum Gasteiger partial charge on any atom is -0.486 e. The van der Waals surface area contributed by atoms with E-state index in [0.29, 0.717) is 24.3 Å². The number of carbonyl (C=O) groups excluding carboxylic acids is 3. The van der Waals surface area contributed by atoms with Crippen molar-refractivity contribution in [3.63, 3.8) is 0 Å². The van der Waals surface area contributed by atoms with E-state index in [1.54, 1.807) is 12.4 Å². The maximum absolute atomic E-state index is 13.4. The molecule has 6 rings (SSSR count). The third-order valence-corrected chi connectivity index (χ3v) is 11.7. The lowest BCUT2D eigenvalue weighted by atomic mass is 9.99. The minimum absolute atomic E-state index is 0.0181. The van der Waals surface area contributed by atoms with Crippen molar-refractivity contribution >= 4 is 40.7 Å². The van der Waals surface area contributed by atoms with Crippen LogP contribution in [0.4, 0.5) is 11.6 Å². The van der Waals surface area contributed by atoms with E-state index in [2.05, 4.69) is 49.5 Å². The summed E-state index contributed by atoms with van der Waals surface area (Å²) in [4.78, 5) is 54.7. The van der Waals surface area contributed by atoms with Gasteiger partial charge in [-0.15, -0.1) is 0 Å². The Bertz CT molecular complexity index is 2080. The van der Waals surface area contributed by atoms with Gasteiger partial charge in [-0.2, -0.15) is 0 Å². The molecule has 1 saturated heterocycles. The molecular formula is C48H58ClN8O5+. The summed E-state index contributed by atoms with van der Waals surface area (Å²) in [6, 6.07) is 23.8. The molecule has 4 heterocycles. The summed E-state index contributed by atoms with van der Waals surface area (Å²) in [5.74, 6) is 1.03. The van der Waals surface area contributed by atoms with Crippen molar-refractivity contribution in [2.45, 2.75) is 83.1 Å². The zero-order valence-corrected chi connectivity index (χ0v) is 36.1. The molecular weight excluding hydrogens is 804 g/mol. The number of quaternary nitrogens is 1. The van der Waals surface area contributed by atoms with E-state index in [0.717, 1.165) is 106 Å². The average molecular weight is 862 g/mol. The highest BCUT2D eigenvalue weighted by atomic mass is 35.5. The number of ether oxygens (including phenoxy) is 2. The van der Waals surface area contributed by atoms with Gasteiger partial charge in [-0.05, 0) is 110 Å². The highest BCUT2D eigenvalue weighted by molar-refractivity contribution is 6.31. The van der Waals surface area contributed by atoms with Crippen molar-refractivity contribution in [2.75, 3.05) is 50.9 Å². The van der Waals surface area contributed by atoms with E-state index in [4.69, 9.17) is 32.5 Å². The molecule has 0 bridgehead atoms. The number of aromatic nitrogens is 4. The SMILES string of the molecule is Nc1nc(N)c(C(=O)N[C@H]2CCC[N+](CCCc3ccc(OCC(=O)CCCc4cccnc4)cc3)(CCCc3ccc(OCC(=O)CCCc4cccnc4)cc3)C2)nc1Cl. The molecule has 0 aliphatic carbocycles. The van der Waals surface area contributed by atoms with Crippen LogP contribution in [0.1, 0.15) is 84.1 Å². The van der Waals surface area contributed by atoms with Crippen molar-refractivity contribution in [1.82, 2.24) is 25.3 Å². The smallest absolute Gasteiger partial charge is 0.274 e. The quantitative estimate of drug-likeness (QED) is 0.0543. The van der Waals surface area contributed by atoms with Crippen LogP contribution in [0, 0.1) is 0 Å². The average Bonchev–Trinajstić information content (AvgIpc) is 3.28. The Labute approximate surface area is 369 Å². The Balaban J connectivity index is 0.992. The van der Waals surface area contributed by atoms with Crippen molar-refractivity contribution in [3.05, 3.63) is 131 Å². The molecule has 62 heavy (non-hydrogen) atoms. The fraction of sp³-hybridized carbons (Fsp3) is 0.396. The number of pyridine rings is 2. The molecule has 2 aromatic carbocycles. The molecule has 1 fully saturated rings. The van der Waals surface area contributed by atoms with Crippen LogP contribution in [-0.2, 0) is 35.3 Å². The van der Waals surface area contributed by atoms with Crippen LogP contribution in [-0.4, -0.2) is 87.3 Å². The molecule has 1 atom stereocenters. The van der Waals surface area contributed by atoms with Gasteiger partial charge in [0.2, 0.25) is 0 Å². The van der Waals surface area contributed by atoms with Crippen molar-refractivity contribution in [3.8, 4) is 11.5 Å². The third-order valence-electron chi connectivity index (χ3n) is 11.4. The highest BCUT2D eigenvalue weighted by Crippen LogP contribution is 2.25. The van der Waals surface area contributed by atoms with Gasteiger partial charge in [0.1, 0.15) is 24.7 Å². The van der Waals surface area contributed by atoms with Gasteiger partial charge in [0.25, 0.3) is 5.91 Å². The zero-order chi connectivity index (χ0) is 43.6. The number of amides is 1. The first-order chi connectivity index (χ1) is 30.1. The lowest BCUT2D eigenvalue weighted by Crippen LogP contribution is -2.60. The maximum Gasteiger partial charge on any atom is 0.274 e. The number of nitrogens with two attached hydrogens (primary N) is 2. The van der Waals surface area contributed by atoms with Crippen molar-refractivity contribution < 1.29 is 28.3 Å². The second-order valence-corrected chi connectivity index (χ2v) is 16.6. The number of rotatable bonds is 24. The second kappa shape index (κ2) is 23.3. The molecule has 1 aliphatic rings. The fourth-order valence-electron chi connectivity index (χ4n) is 8.11. The number of likely N-dealkylation sites (tertiary alicyclic amines) is 1. The van der Waals surface area contributed by atoms with Gasteiger partial charge in [-0.25, -0.2) is 9.97 Å². The zero-order valence-electron chi connectivity index (χ0n) is 35.4. The van der Waals surface area contributed by atoms with Crippen LogP contribution in [0.5, 0.6) is 11.5 Å². The lowest BCUT2D eigenvalue weighted by molar-refractivity contribution is -0.933. The lowest BCUT2D eigenvalue weighted by Gasteiger charge is -2.45. The van der Waals surface area contributed by atoms with Crippen molar-refractivity contribution in [1.29, 1.82) is 0 Å². The predicted octanol–water partition coefficient (Wildman–Crippen LogP) is 7.00. The maximum atomic E-state index is 13.4. The summed E-state index contributed by atoms with van der Waals surface area (Å²) in [5, 5.41) is 3.11. The standard InChI is InChI=1S/C48H57ClN8O5/c49-45-47(51)56-46(50)44(55-45)48(60)54-39-14-7-29-57(32-39,27-5-12-35-17-21-42(22-18-35)61-33-40(58)15-1-8-37-10-3-25-52-30-37)28-6-13-36-19-23-43(24-20-36)62-34-41(59)16-2-9-38-11-4-26-53-31-38/h3-4,10-11,17-26,30-31,39H,1-2,5-9,12-16,27-29,32-34H2,(H4-,50,51,54,56,60)/p+1/t39-/m0/s1. The molecule has 0 unspecified atom stereocenters. The number of hydrogen-bond donors (Lipinski definition) is 3. The number of ketones is 2. The van der Waals surface area contributed by atoms with Gasteiger partial charge in [0.15, 0.2) is 34.0 Å².